The molecule has 1 N–H and O–H groups in total. The van der Waals surface area contributed by atoms with Gasteiger partial charge in [-0.25, -0.2) is 4.39 Å². The van der Waals surface area contributed by atoms with Crippen LogP contribution in [0.5, 0.6) is 11.5 Å². The molecule has 4 rings (SSSR count). The number of carbonyl (C=O) groups excluding carboxylic acids is 2. The summed E-state index contributed by atoms with van der Waals surface area (Å²) in [6.07, 6.45) is 4.50. The molecule has 2 amide bonds. The number of hydrogen-bond donors (Lipinski definition) is 1. The number of rotatable bonds is 5. The Bertz CT molecular complexity index is 1070. The standard InChI is InChI=1S/C24H22FN3O3/c25-22-7-2-1-6-21(22)23(29)27-18-10-14-28(15-11-18)24(30)17-4-3-5-20(16-17)31-19-8-12-26-13-9-19/h1-9,12-13,16,18H,10-11,14-15H2,(H,27,29). The predicted octanol–water partition coefficient (Wildman–Crippen LogP) is 4.05. The molecule has 0 bridgehead atoms. The summed E-state index contributed by atoms with van der Waals surface area (Å²) in [4.78, 5) is 30.9. The summed E-state index contributed by atoms with van der Waals surface area (Å²) in [5.41, 5.74) is 0.576. The summed E-state index contributed by atoms with van der Waals surface area (Å²) in [6, 6.07) is 16.4. The van der Waals surface area contributed by atoms with Crippen molar-refractivity contribution in [1.29, 1.82) is 0 Å². The Kier molecular flexibility index (Phi) is 6.21. The van der Waals surface area contributed by atoms with Crippen LogP contribution < -0.4 is 10.1 Å². The van der Waals surface area contributed by atoms with Crippen molar-refractivity contribution in [3.63, 3.8) is 0 Å². The molecule has 0 unspecified atom stereocenters. The summed E-state index contributed by atoms with van der Waals surface area (Å²) < 4.78 is 19.6. The Morgan fingerprint density at radius 2 is 1.71 bits per heavy atom. The quantitative estimate of drug-likeness (QED) is 0.677. The molecule has 0 spiro atoms. The summed E-state index contributed by atoms with van der Waals surface area (Å²) in [6.45, 7) is 1.02. The fourth-order valence-corrected chi connectivity index (χ4v) is 3.55. The van der Waals surface area contributed by atoms with E-state index in [1.807, 2.05) is 0 Å². The highest BCUT2D eigenvalue weighted by molar-refractivity contribution is 5.95. The molecule has 158 valence electrons. The zero-order valence-electron chi connectivity index (χ0n) is 16.8. The predicted molar refractivity (Wildman–Crippen MR) is 114 cm³/mol. The van der Waals surface area contributed by atoms with Crippen LogP contribution in [0.15, 0.2) is 73.1 Å². The minimum atomic E-state index is -0.540. The molecule has 0 radical (unpaired) electrons. The number of nitrogens with zero attached hydrogens (tertiary/aromatic N) is 2. The highest BCUT2D eigenvalue weighted by Gasteiger charge is 2.25. The number of nitrogens with one attached hydrogen (secondary N) is 1. The van der Waals surface area contributed by atoms with Gasteiger partial charge in [0.1, 0.15) is 17.3 Å². The van der Waals surface area contributed by atoms with Crippen LogP contribution in [0.25, 0.3) is 0 Å². The van der Waals surface area contributed by atoms with E-state index in [0.717, 1.165) is 0 Å². The Balaban J connectivity index is 1.34. The first kappa shape index (κ1) is 20.5. The molecular weight excluding hydrogens is 397 g/mol. The Morgan fingerprint density at radius 1 is 0.968 bits per heavy atom. The van der Waals surface area contributed by atoms with E-state index in [-0.39, 0.29) is 17.5 Å². The Morgan fingerprint density at radius 3 is 2.45 bits per heavy atom. The fraction of sp³-hybridized carbons (Fsp3) is 0.208. The normalized spacial score (nSPS) is 14.2. The van der Waals surface area contributed by atoms with E-state index in [0.29, 0.717) is 43.0 Å². The van der Waals surface area contributed by atoms with E-state index in [1.54, 1.807) is 65.8 Å². The first-order valence-electron chi connectivity index (χ1n) is 10.1. The lowest BCUT2D eigenvalue weighted by Crippen LogP contribution is -2.46. The number of pyridine rings is 1. The molecule has 2 aromatic carbocycles. The van der Waals surface area contributed by atoms with Gasteiger partial charge in [0.2, 0.25) is 0 Å². The molecule has 6 nitrogen and oxygen atoms in total. The van der Waals surface area contributed by atoms with Gasteiger partial charge in [0, 0.05) is 37.1 Å². The molecule has 1 aromatic heterocycles. The number of likely N-dealkylation sites (tertiary alicyclic amines) is 1. The van der Waals surface area contributed by atoms with Gasteiger partial charge in [-0.1, -0.05) is 18.2 Å². The third kappa shape index (κ3) is 5.06. The van der Waals surface area contributed by atoms with Crippen LogP contribution in [0.2, 0.25) is 0 Å². The monoisotopic (exact) mass is 419 g/mol. The van der Waals surface area contributed by atoms with E-state index < -0.39 is 11.7 Å². The van der Waals surface area contributed by atoms with Gasteiger partial charge in [-0.2, -0.15) is 0 Å². The van der Waals surface area contributed by atoms with Crippen molar-refractivity contribution in [2.24, 2.45) is 0 Å². The number of benzene rings is 2. The van der Waals surface area contributed by atoms with Crippen molar-refractivity contribution in [3.05, 3.63) is 90.0 Å². The maximum Gasteiger partial charge on any atom is 0.254 e. The van der Waals surface area contributed by atoms with Crippen molar-refractivity contribution in [2.75, 3.05) is 13.1 Å². The summed E-state index contributed by atoms with van der Waals surface area (Å²) in [7, 11) is 0. The second-order valence-electron chi connectivity index (χ2n) is 7.33. The first-order chi connectivity index (χ1) is 15.1. The Hall–Kier alpha value is -3.74. The lowest BCUT2D eigenvalue weighted by atomic mass is 10.0. The number of hydrogen-bond acceptors (Lipinski definition) is 4. The number of carbonyl (C=O) groups is 2. The number of piperidine rings is 1. The van der Waals surface area contributed by atoms with E-state index in [9.17, 15) is 14.0 Å². The van der Waals surface area contributed by atoms with Crippen molar-refractivity contribution in [2.45, 2.75) is 18.9 Å². The van der Waals surface area contributed by atoms with Crippen molar-refractivity contribution in [3.8, 4) is 11.5 Å². The van der Waals surface area contributed by atoms with Crippen LogP contribution in [-0.2, 0) is 0 Å². The highest BCUT2D eigenvalue weighted by atomic mass is 19.1. The molecule has 1 aliphatic rings. The lowest BCUT2D eigenvalue weighted by Gasteiger charge is -2.32. The molecule has 31 heavy (non-hydrogen) atoms. The second-order valence-corrected chi connectivity index (χ2v) is 7.33. The van der Waals surface area contributed by atoms with Crippen LogP contribution in [0.1, 0.15) is 33.6 Å². The zero-order chi connectivity index (χ0) is 21.6. The smallest absolute Gasteiger partial charge is 0.254 e. The van der Waals surface area contributed by atoms with Crippen LogP contribution in [-0.4, -0.2) is 40.8 Å². The van der Waals surface area contributed by atoms with Gasteiger partial charge in [-0.3, -0.25) is 14.6 Å². The van der Waals surface area contributed by atoms with Gasteiger partial charge in [0.15, 0.2) is 0 Å². The van der Waals surface area contributed by atoms with E-state index in [1.165, 1.54) is 12.1 Å². The number of amides is 2. The van der Waals surface area contributed by atoms with Crippen LogP contribution in [0.4, 0.5) is 4.39 Å². The van der Waals surface area contributed by atoms with Gasteiger partial charge >= 0.3 is 0 Å². The van der Waals surface area contributed by atoms with E-state index >= 15 is 0 Å². The van der Waals surface area contributed by atoms with Gasteiger partial charge in [0.05, 0.1) is 5.56 Å². The molecule has 1 fully saturated rings. The topological polar surface area (TPSA) is 71.5 Å². The summed E-state index contributed by atoms with van der Waals surface area (Å²) in [5, 5.41) is 2.87. The van der Waals surface area contributed by atoms with Crippen molar-refractivity contribution < 1.29 is 18.7 Å². The maximum atomic E-state index is 13.8. The Labute approximate surface area is 179 Å². The second kappa shape index (κ2) is 9.38. The average Bonchev–Trinajstić information content (AvgIpc) is 2.80. The lowest BCUT2D eigenvalue weighted by molar-refractivity contribution is 0.0697. The third-order valence-electron chi connectivity index (χ3n) is 5.20. The largest absolute Gasteiger partial charge is 0.457 e. The van der Waals surface area contributed by atoms with E-state index in [4.69, 9.17) is 4.74 Å². The van der Waals surface area contributed by atoms with E-state index in [2.05, 4.69) is 10.3 Å². The molecule has 0 aliphatic carbocycles. The van der Waals surface area contributed by atoms with Crippen LogP contribution >= 0.6 is 0 Å². The number of ether oxygens (including phenoxy) is 1. The van der Waals surface area contributed by atoms with Crippen LogP contribution in [0, 0.1) is 5.82 Å². The number of aromatic nitrogens is 1. The molecule has 3 aromatic rings. The molecule has 7 heteroatoms. The van der Waals surface area contributed by atoms with Crippen molar-refractivity contribution in [1.82, 2.24) is 15.2 Å². The molecule has 1 saturated heterocycles. The fourth-order valence-electron chi connectivity index (χ4n) is 3.55. The van der Waals surface area contributed by atoms with Crippen molar-refractivity contribution >= 4 is 11.8 Å². The van der Waals surface area contributed by atoms with Gasteiger partial charge in [-0.15, -0.1) is 0 Å². The zero-order valence-corrected chi connectivity index (χ0v) is 16.8. The molecular formula is C24H22FN3O3. The van der Waals surface area contributed by atoms with Gasteiger partial charge in [-0.05, 0) is 55.3 Å². The van der Waals surface area contributed by atoms with Crippen LogP contribution in [0.3, 0.4) is 0 Å². The summed E-state index contributed by atoms with van der Waals surface area (Å²) >= 11 is 0. The molecule has 1 aliphatic heterocycles. The minimum absolute atomic E-state index is 0.0343. The third-order valence-corrected chi connectivity index (χ3v) is 5.20. The number of halogens is 1. The first-order valence-corrected chi connectivity index (χ1v) is 10.1. The van der Waals surface area contributed by atoms with Gasteiger partial charge in [0.25, 0.3) is 11.8 Å². The molecule has 0 atom stereocenters. The average molecular weight is 419 g/mol. The maximum absolute atomic E-state index is 13.8. The molecule has 2 heterocycles. The SMILES string of the molecule is O=C(NC1CCN(C(=O)c2cccc(Oc3ccncc3)c2)CC1)c1ccccc1F. The summed E-state index contributed by atoms with van der Waals surface area (Å²) in [5.74, 6) is 0.166. The highest BCUT2D eigenvalue weighted by Crippen LogP contribution is 2.23. The molecule has 0 saturated carbocycles. The van der Waals surface area contributed by atoms with Gasteiger partial charge < -0.3 is 15.0 Å². The minimum Gasteiger partial charge on any atom is -0.457 e.